The molecule has 3 N–H and O–H groups in total. The van der Waals surface area contributed by atoms with E-state index in [1.54, 1.807) is 0 Å². The normalized spacial score (nSPS) is 16.0. The van der Waals surface area contributed by atoms with E-state index in [2.05, 4.69) is 36.1 Å². The SMILES string of the molecule is CCC(C)(C)Nc1nc(C2CC2)nc(N)c1C. The van der Waals surface area contributed by atoms with Crippen molar-refractivity contribution in [2.24, 2.45) is 0 Å². The molecule has 0 amide bonds. The predicted molar refractivity (Wildman–Crippen MR) is 71.1 cm³/mol. The van der Waals surface area contributed by atoms with Crippen molar-refractivity contribution in [3.8, 4) is 0 Å². The molecular weight excluding hydrogens is 212 g/mol. The Hall–Kier alpha value is -1.32. The summed E-state index contributed by atoms with van der Waals surface area (Å²) in [5.74, 6) is 2.94. The summed E-state index contributed by atoms with van der Waals surface area (Å²) >= 11 is 0. The number of hydrogen-bond donors (Lipinski definition) is 2. The maximum Gasteiger partial charge on any atom is 0.136 e. The van der Waals surface area contributed by atoms with Crippen molar-refractivity contribution >= 4 is 11.6 Å². The second-order valence-electron chi connectivity index (χ2n) is 5.58. The van der Waals surface area contributed by atoms with E-state index in [0.717, 1.165) is 23.6 Å². The van der Waals surface area contributed by atoms with Crippen LogP contribution in [0.2, 0.25) is 0 Å². The van der Waals surface area contributed by atoms with Gasteiger partial charge >= 0.3 is 0 Å². The van der Waals surface area contributed by atoms with Crippen LogP contribution in [0.4, 0.5) is 11.6 Å². The lowest BCUT2D eigenvalue weighted by Crippen LogP contribution is -2.31. The fraction of sp³-hybridized carbons (Fsp3) is 0.692. The van der Waals surface area contributed by atoms with E-state index in [9.17, 15) is 0 Å². The molecule has 0 aromatic carbocycles. The molecule has 0 bridgehead atoms. The fourth-order valence-electron chi connectivity index (χ4n) is 1.61. The maximum atomic E-state index is 5.96. The van der Waals surface area contributed by atoms with Crippen LogP contribution >= 0.6 is 0 Å². The number of anilines is 2. The van der Waals surface area contributed by atoms with Gasteiger partial charge in [-0.25, -0.2) is 9.97 Å². The molecular formula is C13H22N4. The highest BCUT2D eigenvalue weighted by molar-refractivity contribution is 5.56. The zero-order chi connectivity index (χ0) is 12.6. The van der Waals surface area contributed by atoms with Crippen molar-refractivity contribution in [2.75, 3.05) is 11.1 Å². The van der Waals surface area contributed by atoms with E-state index in [1.807, 2.05) is 6.92 Å². The highest BCUT2D eigenvalue weighted by atomic mass is 15.1. The zero-order valence-corrected chi connectivity index (χ0v) is 11.2. The first-order chi connectivity index (χ1) is 7.93. The Morgan fingerprint density at radius 2 is 2.00 bits per heavy atom. The number of nitrogens with zero attached hydrogens (tertiary/aromatic N) is 2. The van der Waals surface area contributed by atoms with Gasteiger partial charge in [-0.05, 0) is 40.0 Å². The number of nitrogen functional groups attached to an aromatic ring is 1. The van der Waals surface area contributed by atoms with Gasteiger partial charge in [-0.15, -0.1) is 0 Å². The number of rotatable bonds is 4. The largest absolute Gasteiger partial charge is 0.383 e. The van der Waals surface area contributed by atoms with Gasteiger partial charge in [0.25, 0.3) is 0 Å². The van der Waals surface area contributed by atoms with E-state index in [0.29, 0.717) is 11.7 Å². The molecule has 1 aliphatic carbocycles. The maximum absolute atomic E-state index is 5.96. The summed E-state index contributed by atoms with van der Waals surface area (Å²) in [6.07, 6.45) is 3.42. The molecule has 0 unspecified atom stereocenters. The zero-order valence-electron chi connectivity index (χ0n) is 11.2. The van der Waals surface area contributed by atoms with Gasteiger partial charge in [-0.1, -0.05) is 6.92 Å². The van der Waals surface area contributed by atoms with Crippen molar-refractivity contribution in [3.05, 3.63) is 11.4 Å². The molecule has 1 saturated carbocycles. The topological polar surface area (TPSA) is 63.8 Å². The molecule has 4 heteroatoms. The Balaban J connectivity index is 2.31. The molecule has 17 heavy (non-hydrogen) atoms. The summed E-state index contributed by atoms with van der Waals surface area (Å²) in [5, 5.41) is 3.47. The first-order valence-corrected chi connectivity index (χ1v) is 6.35. The van der Waals surface area contributed by atoms with E-state index in [1.165, 1.54) is 12.8 Å². The number of aromatic nitrogens is 2. The van der Waals surface area contributed by atoms with Crippen LogP contribution in [0.3, 0.4) is 0 Å². The average Bonchev–Trinajstić information content (AvgIpc) is 3.08. The molecule has 4 nitrogen and oxygen atoms in total. The first kappa shape index (κ1) is 12.1. The lowest BCUT2D eigenvalue weighted by atomic mass is 10.0. The van der Waals surface area contributed by atoms with Crippen molar-refractivity contribution in [2.45, 2.75) is 58.4 Å². The first-order valence-electron chi connectivity index (χ1n) is 6.35. The van der Waals surface area contributed by atoms with Gasteiger partial charge in [-0.3, -0.25) is 0 Å². The van der Waals surface area contributed by atoms with E-state index >= 15 is 0 Å². The minimum absolute atomic E-state index is 0.0341. The molecule has 1 aromatic rings. The molecule has 0 saturated heterocycles. The minimum atomic E-state index is 0.0341. The third-order valence-corrected chi connectivity index (χ3v) is 3.48. The van der Waals surface area contributed by atoms with Crippen LogP contribution in [-0.2, 0) is 0 Å². The van der Waals surface area contributed by atoms with E-state index in [-0.39, 0.29) is 5.54 Å². The van der Waals surface area contributed by atoms with Gasteiger partial charge in [0.05, 0.1) is 0 Å². The Labute approximate surface area is 103 Å². The molecule has 0 spiro atoms. The molecule has 1 fully saturated rings. The summed E-state index contributed by atoms with van der Waals surface area (Å²) in [4.78, 5) is 9.00. The monoisotopic (exact) mass is 234 g/mol. The lowest BCUT2D eigenvalue weighted by Gasteiger charge is -2.26. The highest BCUT2D eigenvalue weighted by Crippen LogP contribution is 2.39. The van der Waals surface area contributed by atoms with Gasteiger partial charge in [-0.2, -0.15) is 0 Å². The minimum Gasteiger partial charge on any atom is -0.383 e. The van der Waals surface area contributed by atoms with E-state index in [4.69, 9.17) is 5.73 Å². The fourth-order valence-corrected chi connectivity index (χ4v) is 1.61. The number of nitrogens with one attached hydrogen (secondary N) is 1. The summed E-state index contributed by atoms with van der Waals surface area (Å²) < 4.78 is 0. The van der Waals surface area contributed by atoms with Crippen LogP contribution < -0.4 is 11.1 Å². The predicted octanol–water partition coefficient (Wildman–Crippen LogP) is 2.85. The Morgan fingerprint density at radius 3 is 2.53 bits per heavy atom. The average molecular weight is 234 g/mol. The third kappa shape index (κ3) is 2.68. The molecule has 0 atom stereocenters. The van der Waals surface area contributed by atoms with Crippen LogP contribution in [0.1, 0.15) is 57.3 Å². The van der Waals surface area contributed by atoms with E-state index < -0.39 is 0 Å². The second-order valence-corrected chi connectivity index (χ2v) is 5.58. The number of nitrogens with two attached hydrogens (primary N) is 1. The summed E-state index contributed by atoms with van der Waals surface area (Å²) in [6, 6.07) is 0. The lowest BCUT2D eigenvalue weighted by molar-refractivity contribution is 0.543. The van der Waals surface area contributed by atoms with Crippen molar-refractivity contribution in [1.29, 1.82) is 0 Å². The van der Waals surface area contributed by atoms with Gasteiger partial charge in [0.2, 0.25) is 0 Å². The Morgan fingerprint density at radius 1 is 1.35 bits per heavy atom. The quantitative estimate of drug-likeness (QED) is 0.840. The summed E-state index contributed by atoms with van der Waals surface area (Å²) in [5.41, 5.74) is 6.94. The molecule has 2 rings (SSSR count). The standard InChI is InChI=1S/C13H22N4/c1-5-13(3,4)17-11-8(2)10(14)15-12(16-11)9-6-7-9/h9H,5-7H2,1-4H3,(H3,14,15,16,17). The summed E-state index contributed by atoms with van der Waals surface area (Å²) in [6.45, 7) is 8.47. The van der Waals surface area contributed by atoms with Crippen molar-refractivity contribution in [1.82, 2.24) is 9.97 Å². The van der Waals surface area contributed by atoms with Gasteiger partial charge in [0.1, 0.15) is 17.5 Å². The Bertz CT molecular complexity index is 422. The molecule has 94 valence electrons. The second kappa shape index (κ2) is 4.17. The van der Waals surface area contributed by atoms with Crippen LogP contribution in [0.25, 0.3) is 0 Å². The van der Waals surface area contributed by atoms with Gasteiger partial charge < -0.3 is 11.1 Å². The van der Waals surface area contributed by atoms with Crippen LogP contribution in [0.5, 0.6) is 0 Å². The highest BCUT2D eigenvalue weighted by Gasteiger charge is 2.28. The molecule has 1 heterocycles. The Kier molecular flexibility index (Phi) is 2.98. The van der Waals surface area contributed by atoms with Gasteiger partial charge in [0.15, 0.2) is 0 Å². The molecule has 0 radical (unpaired) electrons. The van der Waals surface area contributed by atoms with Crippen molar-refractivity contribution < 1.29 is 0 Å². The number of hydrogen-bond acceptors (Lipinski definition) is 4. The molecule has 1 aromatic heterocycles. The third-order valence-electron chi connectivity index (χ3n) is 3.48. The smallest absolute Gasteiger partial charge is 0.136 e. The molecule has 1 aliphatic rings. The molecule has 0 aliphatic heterocycles. The van der Waals surface area contributed by atoms with Crippen LogP contribution in [-0.4, -0.2) is 15.5 Å². The van der Waals surface area contributed by atoms with Crippen LogP contribution in [0, 0.1) is 6.92 Å². The van der Waals surface area contributed by atoms with Crippen LogP contribution in [0.15, 0.2) is 0 Å². The summed E-state index contributed by atoms with van der Waals surface area (Å²) in [7, 11) is 0. The van der Waals surface area contributed by atoms with Gasteiger partial charge in [0, 0.05) is 17.0 Å². The van der Waals surface area contributed by atoms with Crippen molar-refractivity contribution in [3.63, 3.8) is 0 Å².